The van der Waals surface area contributed by atoms with E-state index in [1.165, 1.54) is 27.0 Å². The highest BCUT2D eigenvalue weighted by Gasteiger charge is 2.28. The molecule has 0 atom stereocenters. The van der Waals surface area contributed by atoms with Gasteiger partial charge >= 0.3 is 0 Å². The average Bonchev–Trinajstić information content (AvgIpc) is 3.35. The molecule has 1 fully saturated rings. The number of thiophene rings is 1. The van der Waals surface area contributed by atoms with E-state index < -0.39 is 10.0 Å². The highest BCUT2D eigenvalue weighted by molar-refractivity contribution is 7.91. The Morgan fingerprint density at radius 3 is 2.70 bits per heavy atom. The maximum absolute atomic E-state index is 12.6. The molecule has 142 valence electrons. The van der Waals surface area contributed by atoms with Gasteiger partial charge in [0, 0.05) is 18.0 Å². The van der Waals surface area contributed by atoms with E-state index in [1.807, 2.05) is 25.1 Å². The van der Waals surface area contributed by atoms with Gasteiger partial charge in [0.05, 0.1) is 16.6 Å². The number of sulfonamides is 1. The van der Waals surface area contributed by atoms with Gasteiger partial charge in [0.15, 0.2) is 5.13 Å². The third-order valence-electron chi connectivity index (χ3n) is 4.50. The van der Waals surface area contributed by atoms with Crippen molar-refractivity contribution < 1.29 is 13.2 Å². The lowest BCUT2D eigenvalue weighted by atomic mass is 10.2. The van der Waals surface area contributed by atoms with Gasteiger partial charge in [-0.1, -0.05) is 23.5 Å². The van der Waals surface area contributed by atoms with Crippen LogP contribution in [0.15, 0.2) is 34.5 Å². The van der Waals surface area contributed by atoms with Crippen LogP contribution in [0.25, 0.3) is 10.2 Å². The van der Waals surface area contributed by atoms with E-state index in [-0.39, 0.29) is 12.3 Å². The molecule has 1 aliphatic heterocycles. The summed E-state index contributed by atoms with van der Waals surface area (Å²) in [6.07, 6.45) is 1.94. The van der Waals surface area contributed by atoms with Crippen molar-refractivity contribution in [2.24, 2.45) is 0 Å². The number of aryl methyl sites for hydroxylation is 1. The zero-order valence-electron chi connectivity index (χ0n) is 14.8. The minimum Gasteiger partial charge on any atom is -0.302 e. The van der Waals surface area contributed by atoms with E-state index in [0.29, 0.717) is 22.4 Å². The van der Waals surface area contributed by atoms with E-state index >= 15 is 0 Å². The van der Waals surface area contributed by atoms with Gasteiger partial charge in [0.2, 0.25) is 5.91 Å². The number of anilines is 1. The van der Waals surface area contributed by atoms with E-state index in [0.717, 1.165) is 33.5 Å². The molecule has 1 saturated heterocycles. The molecule has 0 bridgehead atoms. The molecule has 27 heavy (non-hydrogen) atoms. The van der Waals surface area contributed by atoms with Crippen molar-refractivity contribution in [1.29, 1.82) is 0 Å². The first-order chi connectivity index (χ1) is 12.9. The Labute approximate surface area is 165 Å². The van der Waals surface area contributed by atoms with Crippen LogP contribution in [-0.2, 0) is 21.2 Å². The SMILES string of the molecule is Cc1cccc2sc(NC(=O)Cc3ccc(S(=O)(=O)N4CCCC4)s3)nc12. The first kappa shape index (κ1) is 18.5. The largest absolute Gasteiger partial charge is 0.302 e. The van der Waals surface area contributed by atoms with Crippen molar-refractivity contribution in [3.8, 4) is 0 Å². The Kier molecular flexibility index (Phi) is 5.02. The van der Waals surface area contributed by atoms with E-state index in [1.54, 1.807) is 12.1 Å². The van der Waals surface area contributed by atoms with Crippen molar-refractivity contribution in [2.75, 3.05) is 18.4 Å². The van der Waals surface area contributed by atoms with Crippen molar-refractivity contribution in [3.63, 3.8) is 0 Å². The molecular weight excluding hydrogens is 402 g/mol. The van der Waals surface area contributed by atoms with Gasteiger partial charge in [-0.05, 0) is 43.5 Å². The molecule has 9 heteroatoms. The zero-order valence-corrected chi connectivity index (χ0v) is 17.2. The topological polar surface area (TPSA) is 79.4 Å². The molecule has 3 heterocycles. The molecule has 3 aromatic rings. The fraction of sp³-hybridized carbons (Fsp3) is 0.333. The van der Waals surface area contributed by atoms with Crippen molar-refractivity contribution in [2.45, 2.75) is 30.4 Å². The maximum atomic E-state index is 12.6. The summed E-state index contributed by atoms with van der Waals surface area (Å²) in [4.78, 5) is 17.6. The van der Waals surface area contributed by atoms with Crippen molar-refractivity contribution in [3.05, 3.63) is 40.8 Å². The summed E-state index contributed by atoms with van der Waals surface area (Å²) in [6, 6.07) is 9.25. The fourth-order valence-electron chi connectivity index (χ4n) is 3.11. The minimum atomic E-state index is -3.42. The summed E-state index contributed by atoms with van der Waals surface area (Å²) in [6.45, 7) is 3.14. The number of nitrogens with zero attached hydrogens (tertiary/aromatic N) is 2. The lowest BCUT2D eigenvalue weighted by Gasteiger charge is -2.13. The zero-order chi connectivity index (χ0) is 19.0. The predicted octanol–water partition coefficient (Wildman–Crippen LogP) is 3.63. The number of hydrogen-bond acceptors (Lipinski definition) is 6. The molecule has 4 rings (SSSR count). The molecule has 2 aromatic heterocycles. The third kappa shape index (κ3) is 3.77. The van der Waals surface area contributed by atoms with Crippen LogP contribution in [0.4, 0.5) is 5.13 Å². The second kappa shape index (κ2) is 7.31. The molecule has 1 amide bonds. The van der Waals surface area contributed by atoms with Gasteiger partial charge in [-0.15, -0.1) is 11.3 Å². The molecule has 0 unspecified atom stereocenters. The summed E-state index contributed by atoms with van der Waals surface area (Å²) >= 11 is 2.60. The average molecular weight is 422 g/mol. The van der Waals surface area contributed by atoms with E-state index in [9.17, 15) is 13.2 Å². The molecule has 1 aromatic carbocycles. The number of hydrogen-bond donors (Lipinski definition) is 1. The number of aromatic nitrogens is 1. The number of amides is 1. The molecule has 6 nitrogen and oxygen atoms in total. The quantitative estimate of drug-likeness (QED) is 0.682. The summed E-state index contributed by atoms with van der Waals surface area (Å²) in [7, 11) is -3.42. The van der Waals surface area contributed by atoms with Gasteiger partial charge in [0.25, 0.3) is 10.0 Å². The standard InChI is InChI=1S/C18H19N3O3S3/c1-12-5-4-6-14-17(12)20-18(26-14)19-15(22)11-13-7-8-16(25-13)27(23,24)21-9-2-3-10-21/h4-8H,2-3,9-11H2,1H3,(H,19,20,22). The summed E-state index contributed by atoms with van der Waals surface area (Å²) < 4.78 is 28.0. The Morgan fingerprint density at radius 1 is 1.19 bits per heavy atom. The van der Waals surface area contributed by atoms with Gasteiger partial charge in [0.1, 0.15) is 4.21 Å². The van der Waals surface area contributed by atoms with Crippen LogP contribution in [-0.4, -0.2) is 36.7 Å². The monoisotopic (exact) mass is 421 g/mol. The Hall–Kier alpha value is -1.81. The van der Waals surface area contributed by atoms with Crippen LogP contribution in [0.1, 0.15) is 23.3 Å². The van der Waals surface area contributed by atoms with Crippen LogP contribution < -0.4 is 5.32 Å². The number of para-hydroxylation sites is 1. The van der Waals surface area contributed by atoms with Crippen molar-refractivity contribution in [1.82, 2.24) is 9.29 Å². The van der Waals surface area contributed by atoms with Crippen LogP contribution in [0.5, 0.6) is 0 Å². The minimum absolute atomic E-state index is 0.134. The van der Waals surface area contributed by atoms with Crippen LogP contribution >= 0.6 is 22.7 Å². The van der Waals surface area contributed by atoms with Gasteiger partial charge < -0.3 is 5.32 Å². The first-order valence-electron chi connectivity index (χ1n) is 8.68. The number of carbonyl (C=O) groups is 1. The second-order valence-electron chi connectivity index (χ2n) is 6.50. The molecule has 0 spiro atoms. The normalized spacial score (nSPS) is 15.4. The van der Waals surface area contributed by atoms with Gasteiger partial charge in [-0.2, -0.15) is 4.31 Å². The lowest BCUT2D eigenvalue weighted by Crippen LogP contribution is -2.27. The molecular formula is C18H19N3O3S3. The molecule has 0 aliphatic carbocycles. The predicted molar refractivity (Wildman–Crippen MR) is 109 cm³/mol. The first-order valence-corrected chi connectivity index (χ1v) is 11.8. The van der Waals surface area contributed by atoms with Gasteiger partial charge in [-0.3, -0.25) is 4.79 Å². The fourth-order valence-corrected chi connectivity index (χ4v) is 7.09. The molecule has 0 radical (unpaired) electrons. The number of benzene rings is 1. The molecule has 1 aliphatic rings. The Balaban J connectivity index is 1.45. The van der Waals surface area contributed by atoms with Crippen LogP contribution in [0.2, 0.25) is 0 Å². The number of thiazole rings is 1. The van der Waals surface area contributed by atoms with Crippen LogP contribution in [0, 0.1) is 6.92 Å². The van der Waals surface area contributed by atoms with E-state index in [2.05, 4.69) is 10.3 Å². The number of carbonyl (C=O) groups excluding carboxylic acids is 1. The van der Waals surface area contributed by atoms with Gasteiger partial charge in [-0.25, -0.2) is 13.4 Å². The lowest BCUT2D eigenvalue weighted by molar-refractivity contribution is -0.115. The number of rotatable bonds is 5. The number of nitrogens with one attached hydrogen (secondary N) is 1. The van der Waals surface area contributed by atoms with E-state index in [4.69, 9.17) is 0 Å². The second-order valence-corrected chi connectivity index (χ2v) is 10.9. The molecule has 0 saturated carbocycles. The van der Waals surface area contributed by atoms with Crippen molar-refractivity contribution >= 4 is 54.0 Å². The third-order valence-corrected chi connectivity index (χ3v) is 8.89. The Bertz CT molecular complexity index is 1100. The highest BCUT2D eigenvalue weighted by Crippen LogP contribution is 2.29. The summed E-state index contributed by atoms with van der Waals surface area (Å²) in [5, 5.41) is 3.39. The van der Waals surface area contributed by atoms with Crippen LogP contribution in [0.3, 0.4) is 0 Å². The summed E-state index contributed by atoms with van der Waals surface area (Å²) in [5.74, 6) is -0.196. The maximum Gasteiger partial charge on any atom is 0.252 e. The smallest absolute Gasteiger partial charge is 0.252 e. The molecule has 1 N–H and O–H groups in total. The number of fused-ring (bicyclic) bond motifs is 1. The highest BCUT2D eigenvalue weighted by atomic mass is 32.2. The Morgan fingerprint density at radius 2 is 1.96 bits per heavy atom. The summed E-state index contributed by atoms with van der Waals surface area (Å²) in [5.41, 5.74) is 1.96.